The zero-order chi connectivity index (χ0) is 20.5. The first-order valence-electron chi connectivity index (χ1n) is 8.85. The van der Waals surface area contributed by atoms with E-state index >= 15 is 0 Å². The normalized spacial score (nSPS) is 9.50. The van der Waals surface area contributed by atoms with Crippen molar-refractivity contribution in [3.63, 3.8) is 0 Å². The summed E-state index contributed by atoms with van der Waals surface area (Å²) in [7, 11) is 0. The molecule has 7 heteroatoms. The molecule has 5 nitrogen and oxygen atoms in total. The molecular weight excluding hydrogens is 425 g/mol. The predicted octanol–water partition coefficient (Wildman–Crippen LogP) is 4.85. The molecule has 0 spiro atoms. The van der Waals surface area contributed by atoms with Crippen molar-refractivity contribution in [2.24, 2.45) is 0 Å². The van der Waals surface area contributed by atoms with Crippen molar-refractivity contribution in [1.29, 1.82) is 0 Å². The van der Waals surface area contributed by atoms with Gasteiger partial charge in [0.1, 0.15) is 17.5 Å². The van der Waals surface area contributed by atoms with Gasteiger partial charge in [-0.2, -0.15) is 30.3 Å². The maximum Gasteiger partial charge on any atom is 0.256 e. The van der Waals surface area contributed by atoms with Crippen molar-refractivity contribution in [2.45, 2.75) is 0 Å². The van der Waals surface area contributed by atoms with Crippen molar-refractivity contribution in [1.82, 2.24) is 4.98 Å². The quantitative estimate of drug-likeness (QED) is 0.350. The Bertz CT molecular complexity index is 1030. The summed E-state index contributed by atoms with van der Waals surface area (Å²) in [6.45, 7) is 0. The third-order valence-electron chi connectivity index (χ3n) is 3.82. The van der Waals surface area contributed by atoms with Crippen LogP contribution in [0.4, 0.5) is 16.0 Å². The second kappa shape index (κ2) is 11.5. The van der Waals surface area contributed by atoms with E-state index < -0.39 is 11.7 Å². The molecule has 0 aliphatic heterocycles. The van der Waals surface area contributed by atoms with Crippen LogP contribution < -0.4 is 10.6 Å². The summed E-state index contributed by atoms with van der Waals surface area (Å²) in [4.78, 5) is 28.2. The minimum Gasteiger partial charge on any atom is -0.317 e. The topological polar surface area (TPSA) is 71.1 Å². The Hall–Kier alpha value is -3.54. The number of anilines is 2. The Morgan fingerprint density at radius 2 is 1.43 bits per heavy atom. The molecule has 2 N–H and O–H groups in total. The van der Waals surface area contributed by atoms with Gasteiger partial charge in [0, 0.05) is 22.6 Å². The van der Waals surface area contributed by atoms with Crippen molar-refractivity contribution in [2.75, 3.05) is 10.6 Å². The molecule has 1 heterocycles. The Labute approximate surface area is 184 Å². The van der Waals surface area contributed by atoms with Crippen LogP contribution in [0.1, 0.15) is 20.7 Å². The molecule has 0 aliphatic carbocycles. The Morgan fingerprint density at radius 1 is 0.833 bits per heavy atom. The molecule has 0 unspecified atom stereocenters. The summed E-state index contributed by atoms with van der Waals surface area (Å²) in [6.07, 6.45) is 0. The van der Waals surface area contributed by atoms with Gasteiger partial charge in [-0.1, -0.05) is 11.6 Å². The second-order valence-corrected chi connectivity index (χ2v) is 5.96. The molecule has 0 saturated heterocycles. The van der Waals surface area contributed by atoms with E-state index in [0.717, 1.165) is 0 Å². The number of rotatable bonds is 4. The van der Waals surface area contributed by atoms with Crippen LogP contribution in [0.25, 0.3) is 0 Å². The standard InChI is InChI=1S/C18H13FN3O2.C5H5.Fe/c19-14-10-8-13(9-11-14)18(24)22-16-7-3-6-15(20-16)21-17(23)12-4-1-2-5-12;1-2-4-5-3-1;/h1-11H,(H2,20,21,22,23,24);1-5H;/q2*-1;. The Kier molecular flexibility index (Phi) is 8.69. The van der Waals surface area contributed by atoms with Crippen LogP contribution in [0.5, 0.6) is 0 Å². The van der Waals surface area contributed by atoms with E-state index in [1.165, 1.54) is 24.3 Å². The average molecular weight is 443 g/mol. The first-order valence-corrected chi connectivity index (χ1v) is 8.85. The summed E-state index contributed by atoms with van der Waals surface area (Å²) >= 11 is 0. The predicted molar refractivity (Wildman–Crippen MR) is 111 cm³/mol. The van der Waals surface area contributed by atoms with Gasteiger partial charge in [0.25, 0.3) is 5.91 Å². The number of hydrogen-bond acceptors (Lipinski definition) is 3. The van der Waals surface area contributed by atoms with E-state index in [1.54, 1.807) is 42.5 Å². The molecule has 0 bridgehead atoms. The zero-order valence-corrected chi connectivity index (χ0v) is 16.8. The number of nitrogens with zero attached hydrogens (tertiary/aromatic N) is 1. The van der Waals surface area contributed by atoms with Gasteiger partial charge in [0.2, 0.25) is 5.91 Å². The maximum absolute atomic E-state index is 12.9. The molecule has 2 amide bonds. The van der Waals surface area contributed by atoms with Crippen molar-refractivity contribution in [3.05, 3.63) is 114 Å². The van der Waals surface area contributed by atoms with E-state index in [-0.39, 0.29) is 28.8 Å². The number of hydrogen-bond donors (Lipinski definition) is 2. The number of carbonyl (C=O) groups is 2. The fourth-order valence-electron chi connectivity index (χ4n) is 2.40. The van der Waals surface area contributed by atoms with Gasteiger partial charge < -0.3 is 10.6 Å². The first-order chi connectivity index (χ1) is 14.1. The van der Waals surface area contributed by atoms with E-state index in [9.17, 15) is 14.0 Å². The van der Waals surface area contributed by atoms with Gasteiger partial charge in [-0.05, 0) is 36.4 Å². The second-order valence-electron chi connectivity index (χ2n) is 5.96. The SMILES string of the molecule is O=C(Nc1cccc(NC(=O)[c-]2cccc2)n1)c1ccc(F)cc1.[Fe].c1cc[cH-]c1. The third-order valence-corrected chi connectivity index (χ3v) is 3.82. The van der Waals surface area contributed by atoms with Crippen LogP contribution >= 0.6 is 0 Å². The number of carbonyl (C=O) groups excluding carboxylic acids is 2. The largest absolute Gasteiger partial charge is 0.317 e. The van der Waals surface area contributed by atoms with E-state index in [0.29, 0.717) is 16.9 Å². The number of benzene rings is 1. The molecule has 0 aliphatic rings. The fraction of sp³-hybridized carbons (Fsp3) is 0. The molecular formula is C23H18FFeN3O2-2. The minimum atomic E-state index is -0.415. The van der Waals surface area contributed by atoms with Gasteiger partial charge in [-0.15, -0.1) is 0 Å². The number of pyridine rings is 1. The van der Waals surface area contributed by atoms with E-state index in [4.69, 9.17) is 0 Å². The molecule has 4 rings (SSSR count). The van der Waals surface area contributed by atoms with Crippen LogP contribution in [-0.4, -0.2) is 16.8 Å². The van der Waals surface area contributed by atoms with Crippen molar-refractivity contribution < 1.29 is 31.0 Å². The Morgan fingerprint density at radius 3 is 2.00 bits per heavy atom. The van der Waals surface area contributed by atoms with Crippen LogP contribution in [0.3, 0.4) is 0 Å². The maximum atomic E-state index is 12.9. The molecule has 1 aromatic heterocycles. The monoisotopic (exact) mass is 443 g/mol. The van der Waals surface area contributed by atoms with Gasteiger partial charge in [0.05, 0.1) is 0 Å². The van der Waals surface area contributed by atoms with Crippen LogP contribution in [0.15, 0.2) is 97.1 Å². The van der Waals surface area contributed by atoms with Gasteiger partial charge in [-0.25, -0.2) is 33.6 Å². The van der Waals surface area contributed by atoms with Crippen LogP contribution in [-0.2, 0) is 17.1 Å². The van der Waals surface area contributed by atoms with Crippen molar-refractivity contribution in [3.8, 4) is 0 Å². The van der Waals surface area contributed by atoms with Gasteiger partial charge in [-0.3, -0.25) is 9.59 Å². The first kappa shape index (κ1) is 22.7. The average Bonchev–Trinajstić information content (AvgIpc) is 3.45. The summed E-state index contributed by atoms with van der Waals surface area (Å²) in [5.74, 6) is -0.513. The molecule has 4 aromatic rings. The summed E-state index contributed by atoms with van der Waals surface area (Å²) in [5, 5.41) is 5.26. The summed E-state index contributed by atoms with van der Waals surface area (Å²) < 4.78 is 12.9. The van der Waals surface area contributed by atoms with E-state index in [1.807, 2.05) is 30.3 Å². The minimum absolute atomic E-state index is 0. The number of nitrogens with one attached hydrogen (secondary N) is 2. The third kappa shape index (κ3) is 6.81. The zero-order valence-electron chi connectivity index (χ0n) is 15.7. The molecule has 3 aromatic carbocycles. The number of aromatic nitrogens is 1. The summed E-state index contributed by atoms with van der Waals surface area (Å²) in [5.41, 5.74) is 0.835. The number of halogens is 1. The summed E-state index contributed by atoms with van der Waals surface area (Å²) in [6, 6.07) is 27.0. The number of amides is 2. The van der Waals surface area contributed by atoms with Gasteiger partial charge >= 0.3 is 0 Å². The Balaban J connectivity index is 0.000000468. The molecule has 0 fully saturated rings. The van der Waals surface area contributed by atoms with E-state index in [2.05, 4.69) is 15.6 Å². The molecule has 30 heavy (non-hydrogen) atoms. The smallest absolute Gasteiger partial charge is 0.256 e. The molecule has 154 valence electrons. The molecule has 0 radical (unpaired) electrons. The molecule has 0 saturated carbocycles. The van der Waals surface area contributed by atoms with Crippen molar-refractivity contribution >= 4 is 23.5 Å². The fourth-order valence-corrected chi connectivity index (χ4v) is 2.40. The van der Waals surface area contributed by atoms with Crippen LogP contribution in [0.2, 0.25) is 0 Å². The van der Waals surface area contributed by atoms with Gasteiger partial charge in [0.15, 0.2) is 0 Å². The van der Waals surface area contributed by atoms with Crippen LogP contribution in [0, 0.1) is 5.82 Å². The molecule has 0 atom stereocenters.